The monoisotopic (exact) mass is 297 g/mol. The second-order valence-corrected chi connectivity index (χ2v) is 4.52. The van der Waals surface area contributed by atoms with Crippen LogP contribution >= 0.6 is 0 Å². The van der Waals surface area contributed by atoms with E-state index in [4.69, 9.17) is 5.11 Å². The van der Waals surface area contributed by atoms with Gasteiger partial charge in [-0.25, -0.2) is 4.39 Å². The molecule has 1 aliphatic heterocycles. The first-order valence-corrected chi connectivity index (χ1v) is 6.07. The van der Waals surface area contributed by atoms with E-state index in [0.29, 0.717) is 0 Å². The summed E-state index contributed by atoms with van der Waals surface area (Å²) >= 11 is 0. The number of hydrogen-bond acceptors (Lipinski definition) is 5. The number of nitro groups is 1. The van der Waals surface area contributed by atoms with Crippen LogP contribution in [-0.2, 0) is 9.59 Å². The highest BCUT2D eigenvalue weighted by Crippen LogP contribution is 2.25. The summed E-state index contributed by atoms with van der Waals surface area (Å²) in [6.07, 6.45) is 0. The van der Waals surface area contributed by atoms with Crippen molar-refractivity contribution in [2.75, 3.05) is 31.1 Å². The van der Waals surface area contributed by atoms with Crippen molar-refractivity contribution < 1.29 is 24.0 Å². The summed E-state index contributed by atoms with van der Waals surface area (Å²) in [5.74, 6) is -2.33. The fourth-order valence-electron chi connectivity index (χ4n) is 2.11. The number of hydrogen-bond donors (Lipinski definition) is 1. The zero-order chi connectivity index (χ0) is 15.6. The molecule has 1 heterocycles. The topological polar surface area (TPSA) is 104 Å². The lowest BCUT2D eigenvalue weighted by molar-refractivity contribution is -0.385. The van der Waals surface area contributed by atoms with Crippen molar-refractivity contribution in [2.24, 2.45) is 0 Å². The molecule has 1 fully saturated rings. The highest BCUT2D eigenvalue weighted by atomic mass is 19.1. The molecule has 21 heavy (non-hydrogen) atoms. The van der Waals surface area contributed by atoms with E-state index >= 15 is 0 Å². The quantitative estimate of drug-likeness (QED) is 0.640. The second kappa shape index (κ2) is 5.73. The summed E-state index contributed by atoms with van der Waals surface area (Å²) in [5.41, 5.74) is -0.281. The number of aliphatic carboxylic acids is 1. The Labute approximate surface area is 118 Å². The van der Waals surface area contributed by atoms with Gasteiger partial charge in [0.15, 0.2) is 5.82 Å². The number of carboxylic acid groups (broad SMARTS) is 1. The highest BCUT2D eigenvalue weighted by molar-refractivity contribution is 5.86. The molecule has 0 spiro atoms. The molecule has 1 aromatic carbocycles. The minimum absolute atomic E-state index is 0.0870. The molecule has 9 heteroatoms. The fourth-order valence-corrected chi connectivity index (χ4v) is 2.11. The molecule has 0 atom stereocenters. The van der Waals surface area contributed by atoms with Gasteiger partial charge in [0.1, 0.15) is 6.54 Å². The van der Waals surface area contributed by atoms with Gasteiger partial charge >= 0.3 is 5.97 Å². The second-order valence-electron chi connectivity index (χ2n) is 4.52. The van der Waals surface area contributed by atoms with Crippen molar-refractivity contribution >= 4 is 23.3 Å². The number of nitro benzene ring substituents is 1. The van der Waals surface area contributed by atoms with Crippen LogP contribution in [0.3, 0.4) is 0 Å². The van der Waals surface area contributed by atoms with Crippen LogP contribution in [0.25, 0.3) is 0 Å². The number of amides is 1. The van der Waals surface area contributed by atoms with E-state index in [9.17, 15) is 24.1 Å². The van der Waals surface area contributed by atoms with Gasteiger partial charge in [-0.3, -0.25) is 19.7 Å². The predicted octanol–water partition coefficient (Wildman–Crippen LogP) is 0.467. The van der Waals surface area contributed by atoms with Crippen LogP contribution in [0.5, 0.6) is 0 Å². The number of rotatable bonds is 4. The Kier molecular flexibility index (Phi) is 4.01. The predicted molar refractivity (Wildman–Crippen MR) is 69.5 cm³/mol. The largest absolute Gasteiger partial charge is 0.480 e. The summed E-state index contributed by atoms with van der Waals surface area (Å²) in [6, 6.07) is 3.20. The molecule has 0 unspecified atom stereocenters. The van der Waals surface area contributed by atoms with Gasteiger partial charge in [0.2, 0.25) is 5.91 Å². The Hall–Kier alpha value is -2.71. The molecule has 0 aliphatic carbocycles. The van der Waals surface area contributed by atoms with Gasteiger partial charge in [-0.1, -0.05) is 0 Å². The van der Waals surface area contributed by atoms with Gasteiger partial charge in [0.25, 0.3) is 5.69 Å². The summed E-state index contributed by atoms with van der Waals surface area (Å²) < 4.78 is 13.9. The fraction of sp³-hybridized carbons (Fsp3) is 0.333. The Bertz CT molecular complexity index is 607. The van der Waals surface area contributed by atoms with Crippen LogP contribution in [0.2, 0.25) is 0 Å². The zero-order valence-corrected chi connectivity index (χ0v) is 10.9. The van der Waals surface area contributed by atoms with Crippen LogP contribution in [0.15, 0.2) is 18.2 Å². The molecule has 1 N–H and O–H groups in total. The minimum Gasteiger partial charge on any atom is -0.480 e. The summed E-state index contributed by atoms with van der Waals surface area (Å²) in [6.45, 7) is -0.146. The summed E-state index contributed by atoms with van der Waals surface area (Å²) in [4.78, 5) is 34.8. The van der Waals surface area contributed by atoms with E-state index in [1.54, 1.807) is 0 Å². The van der Waals surface area contributed by atoms with Crippen LogP contribution < -0.4 is 4.90 Å². The highest BCUT2D eigenvalue weighted by Gasteiger charge is 2.27. The van der Waals surface area contributed by atoms with Crippen molar-refractivity contribution in [1.29, 1.82) is 0 Å². The number of nitrogens with zero attached hydrogens (tertiary/aromatic N) is 3. The van der Waals surface area contributed by atoms with Crippen LogP contribution in [0, 0.1) is 15.9 Å². The van der Waals surface area contributed by atoms with E-state index in [2.05, 4.69) is 0 Å². The molecule has 2 rings (SSSR count). The smallest absolute Gasteiger partial charge is 0.323 e. The van der Waals surface area contributed by atoms with E-state index in [-0.39, 0.29) is 31.0 Å². The number of carboxylic acids is 1. The SMILES string of the molecule is O=C(O)CN1CCN(c2ccc([N+](=O)[O-])cc2F)CC1=O. The molecule has 112 valence electrons. The van der Waals surface area contributed by atoms with E-state index < -0.39 is 29.2 Å². The first-order chi connectivity index (χ1) is 9.88. The first-order valence-electron chi connectivity index (χ1n) is 6.07. The maximum absolute atomic E-state index is 13.9. The lowest BCUT2D eigenvalue weighted by Gasteiger charge is -2.34. The number of non-ortho nitro benzene ring substituents is 1. The van der Waals surface area contributed by atoms with E-state index in [0.717, 1.165) is 12.1 Å². The van der Waals surface area contributed by atoms with Gasteiger partial charge < -0.3 is 14.9 Å². The van der Waals surface area contributed by atoms with Gasteiger partial charge in [0.05, 0.1) is 23.2 Å². The molecule has 1 saturated heterocycles. The summed E-state index contributed by atoms with van der Waals surface area (Å²) in [5, 5.41) is 19.2. The van der Waals surface area contributed by atoms with Crippen LogP contribution in [0.1, 0.15) is 0 Å². The third-order valence-electron chi connectivity index (χ3n) is 3.13. The van der Waals surface area contributed by atoms with Gasteiger partial charge in [-0.15, -0.1) is 0 Å². The summed E-state index contributed by atoms with van der Waals surface area (Å²) in [7, 11) is 0. The molecule has 0 radical (unpaired) electrons. The lowest BCUT2D eigenvalue weighted by atomic mass is 10.2. The average Bonchev–Trinajstić information content (AvgIpc) is 2.40. The van der Waals surface area contributed by atoms with Gasteiger partial charge in [-0.2, -0.15) is 0 Å². The number of benzene rings is 1. The third kappa shape index (κ3) is 3.25. The minimum atomic E-state index is -1.11. The molecule has 0 aromatic heterocycles. The number of anilines is 1. The molecule has 1 aliphatic rings. The first kappa shape index (κ1) is 14.7. The lowest BCUT2D eigenvalue weighted by Crippen LogP contribution is -2.52. The van der Waals surface area contributed by atoms with E-state index in [1.165, 1.54) is 15.9 Å². The third-order valence-corrected chi connectivity index (χ3v) is 3.13. The Balaban J connectivity index is 2.13. The molecule has 0 saturated carbocycles. The maximum atomic E-state index is 13.9. The average molecular weight is 297 g/mol. The van der Waals surface area contributed by atoms with Crippen molar-refractivity contribution in [3.63, 3.8) is 0 Å². The van der Waals surface area contributed by atoms with Crippen LogP contribution in [0.4, 0.5) is 15.8 Å². The van der Waals surface area contributed by atoms with Gasteiger partial charge in [0, 0.05) is 19.2 Å². The molecule has 8 nitrogen and oxygen atoms in total. The van der Waals surface area contributed by atoms with E-state index in [1.807, 2.05) is 0 Å². The molecule has 1 aromatic rings. The van der Waals surface area contributed by atoms with Crippen molar-refractivity contribution in [3.05, 3.63) is 34.1 Å². The molecule has 1 amide bonds. The normalized spacial score (nSPS) is 15.2. The zero-order valence-electron chi connectivity index (χ0n) is 10.9. The standard InChI is InChI=1S/C12H12FN3O5/c13-9-5-8(16(20)21)1-2-10(9)14-3-4-15(7-12(18)19)11(17)6-14/h1-2,5H,3-4,6-7H2,(H,18,19). The van der Waals surface area contributed by atoms with Crippen molar-refractivity contribution in [3.8, 4) is 0 Å². The molecule has 0 bridgehead atoms. The number of carbonyl (C=O) groups excluding carboxylic acids is 1. The number of piperazine rings is 1. The number of carbonyl (C=O) groups is 2. The number of halogens is 1. The Morgan fingerprint density at radius 3 is 2.67 bits per heavy atom. The molecular formula is C12H12FN3O5. The van der Waals surface area contributed by atoms with Crippen molar-refractivity contribution in [1.82, 2.24) is 4.90 Å². The van der Waals surface area contributed by atoms with Crippen molar-refractivity contribution in [2.45, 2.75) is 0 Å². The maximum Gasteiger partial charge on any atom is 0.323 e. The van der Waals surface area contributed by atoms with Crippen LogP contribution in [-0.4, -0.2) is 53.0 Å². The Morgan fingerprint density at radius 1 is 1.43 bits per heavy atom. The van der Waals surface area contributed by atoms with Gasteiger partial charge in [-0.05, 0) is 6.07 Å². The Morgan fingerprint density at radius 2 is 2.14 bits per heavy atom. The molecular weight excluding hydrogens is 285 g/mol.